The number of carbonyl (C=O) groups is 2. The van der Waals surface area contributed by atoms with Crippen LogP contribution in [0.1, 0.15) is 18.1 Å². The Balaban J connectivity index is 2.86. The van der Waals surface area contributed by atoms with Crippen LogP contribution >= 0.6 is 0 Å². The van der Waals surface area contributed by atoms with E-state index in [4.69, 9.17) is 15.6 Å². The molecule has 1 rings (SSSR count). The Labute approximate surface area is 109 Å². The number of aliphatic hydroxyl groups excluding tert-OH is 2. The van der Waals surface area contributed by atoms with Crippen molar-refractivity contribution in [3.8, 4) is 5.75 Å². The minimum atomic E-state index is -1.39. The first-order chi connectivity index (χ1) is 8.91. The molecule has 7 nitrogen and oxygen atoms in total. The van der Waals surface area contributed by atoms with Crippen LogP contribution in [-0.4, -0.2) is 39.9 Å². The molecule has 0 fully saturated rings. The molecule has 2 atom stereocenters. The van der Waals surface area contributed by atoms with Gasteiger partial charge in [-0.1, -0.05) is 18.2 Å². The Hall–Kier alpha value is -2.12. The monoisotopic (exact) mass is 269 g/mol. The molecule has 7 heteroatoms. The molecule has 2 unspecified atom stereocenters. The number of amides is 1. The molecule has 0 aliphatic rings. The van der Waals surface area contributed by atoms with Gasteiger partial charge in [-0.15, -0.1) is 0 Å². The Morgan fingerprint density at radius 1 is 1.26 bits per heavy atom. The molecule has 1 aromatic rings. The minimum Gasteiger partial charge on any atom is -0.482 e. The van der Waals surface area contributed by atoms with Crippen LogP contribution in [0.2, 0.25) is 0 Å². The lowest BCUT2D eigenvalue weighted by molar-refractivity contribution is -0.139. The van der Waals surface area contributed by atoms with E-state index in [2.05, 4.69) is 0 Å². The summed E-state index contributed by atoms with van der Waals surface area (Å²) in [4.78, 5) is 21.1. The molecule has 1 aromatic carbocycles. The molecule has 0 heterocycles. The van der Waals surface area contributed by atoms with Gasteiger partial charge in [-0.25, -0.2) is 4.79 Å². The summed E-state index contributed by atoms with van der Waals surface area (Å²) in [5.41, 5.74) is 5.12. The van der Waals surface area contributed by atoms with Crippen molar-refractivity contribution in [3.05, 3.63) is 29.8 Å². The molecule has 0 spiro atoms. The molecule has 0 radical (unpaired) electrons. The maximum Gasteiger partial charge on any atom is 0.341 e. The molecule has 0 saturated heterocycles. The summed E-state index contributed by atoms with van der Waals surface area (Å²) >= 11 is 0. The normalized spacial score (nSPS) is 13.6. The standard InChI is InChI=1S/C12H15NO6/c13-10(15)5-8(14)12(18)7-3-1-2-4-9(7)19-6-11(16)17/h1-4,8,12,14,18H,5-6H2,(H2,13,15)(H,16,17). The molecule has 19 heavy (non-hydrogen) atoms. The van der Waals surface area contributed by atoms with Crippen LogP contribution in [0.5, 0.6) is 5.75 Å². The highest BCUT2D eigenvalue weighted by Gasteiger charge is 2.23. The van der Waals surface area contributed by atoms with Gasteiger partial charge in [0.2, 0.25) is 5.91 Å². The van der Waals surface area contributed by atoms with Crippen molar-refractivity contribution in [1.29, 1.82) is 0 Å². The maximum absolute atomic E-state index is 10.7. The summed E-state index contributed by atoms with van der Waals surface area (Å²) in [5, 5.41) is 28.1. The largest absolute Gasteiger partial charge is 0.482 e. The van der Waals surface area contributed by atoms with E-state index in [1.165, 1.54) is 12.1 Å². The van der Waals surface area contributed by atoms with E-state index in [0.717, 1.165) is 0 Å². The van der Waals surface area contributed by atoms with Crippen molar-refractivity contribution in [2.45, 2.75) is 18.6 Å². The quantitative estimate of drug-likeness (QED) is 0.524. The predicted molar refractivity (Wildman–Crippen MR) is 64.4 cm³/mol. The van der Waals surface area contributed by atoms with Gasteiger partial charge in [0.15, 0.2) is 6.61 Å². The van der Waals surface area contributed by atoms with Crippen LogP contribution < -0.4 is 10.5 Å². The topological polar surface area (TPSA) is 130 Å². The summed E-state index contributed by atoms with van der Waals surface area (Å²) in [7, 11) is 0. The first-order valence-electron chi connectivity index (χ1n) is 5.49. The van der Waals surface area contributed by atoms with Crippen LogP contribution in [0, 0.1) is 0 Å². The van der Waals surface area contributed by atoms with Gasteiger partial charge in [-0.2, -0.15) is 0 Å². The van der Waals surface area contributed by atoms with E-state index >= 15 is 0 Å². The lowest BCUT2D eigenvalue weighted by Gasteiger charge is -2.19. The number of hydrogen-bond acceptors (Lipinski definition) is 5. The van der Waals surface area contributed by atoms with Gasteiger partial charge in [0.25, 0.3) is 0 Å². The lowest BCUT2D eigenvalue weighted by Crippen LogP contribution is -2.26. The summed E-state index contributed by atoms with van der Waals surface area (Å²) in [6.45, 7) is -0.574. The molecular formula is C12H15NO6. The minimum absolute atomic E-state index is 0.126. The van der Waals surface area contributed by atoms with Crippen molar-refractivity contribution in [1.82, 2.24) is 0 Å². The highest BCUT2D eigenvalue weighted by Crippen LogP contribution is 2.28. The fourth-order valence-electron chi connectivity index (χ4n) is 1.52. The number of primary amides is 1. The van der Waals surface area contributed by atoms with Gasteiger partial charge >= 0.3 is 5.97 Å². The van der Waals surface area contributed by atoms with Crippen LogP contribution in [0.4, 0.5) is 0 Å². The van der Waals surface area contributed by atoms with Gasteiger partial charge in [0, 0.05) is 5.56 Å². The third kappa shape index (κ3) is 4.57. The zero-order valence-electron chi connectivity index (χ0n) is 10.0. The summed E-state index contributed by atoms with van der Waals surface area (Å²) in [6, 6.07) is 6.10. The molecule has 0 aromatic heterocycles. The zero-order valence-corrected chi connectivity index (χ0v) is 10.0. The lowest BCUT2D eigenvalue weighted by atomic mass is 10.0. The number of aliphatic hydroxyl groups is 2. The van der Waals surface area contributed by atoms with Gasteiger partial charge in [-0.3, -0.25) is 4.79 Å². The third-order valence-electron chi connectivity index (χ3n) is 2.36. The molecule has 1 amide bonds. The Morgan fingerprint density at radius 3 is 2.47 bits per heavy atom. The number of carbonyl (C=O) groups excluding carboxylic acids is 1. The zero-order chi connectivity index (χ0) is 14.4. The molecule has 5 N–H and O–H groups in total. The number of ether oxygens (including phenoxy) is 1. The van der Waals surface area contributed by atoms with Crippen LogP contribution in [-0.2, 0) is 9.59 Å². The molecule has 0 aliphatic carbocycles. The highest BCUT2D eigenvalue weighted by atomic mass is 16.5. The molecule has 0 saturated carbocycles. The summed E-state index contributed by atoms with van der Waals surface area (Å²) in [5.74, 6) is -1.79. The second kappa shape index (κ2) is 6.72. The van der Waals surface area contributed by atoms with E-state index in [9.17, 15) is 19.8 Å². The Kier molecular flexibility index (Phi) is 5.28. The number of carboxylic acids is 1. The molecule has 0 bridgehead atoms. The van der Waals surface area contributed by atoms with Crippen LogP contribution in [0.25, 0.3) is 0 Å². The van der Waals surface area contributed by atoms with E-state index in [1.54, 1.807) is 12.1 Å². The number of carboxylic acid groups (broad SMARTS) is 1. The van der Waals surface area contributed by atoms with Gasteiger partial charge < -0.3 is 25.8 Å². The fourth-order valence-corrected chi connectivity index (χ4v) is 1.52. The van der Waals surface area contributed by atoms with Crippen molar-refractivity contribution in [2.75, 3.05) is 6.61 Å². The van der Waals surface area contributed by atoms with Crippen molar-refractivity contribution in [3.63, 3.8) is 0 Å². The smallest absolute Gasteiger partial charge is 0.341 e. The predicted octanol–water partition coefficient (Wildman–Crippen LogP) is -0.580. The van der Waals surface area contributed by atoms with E-state index in [0.29, 0.717) is 0 Å². The first-order valence-corrected chi connectivity index (χ1v) is 5.49. The average molecular weight is 269 g/mol. The molecule has 104 valence electrons. The maximum atomic E-state index is 10.7. The van der Waals surface area contributed by atoms with Crippen molar-refractivity contribution >= 4 is 11.9 Å². The van der Waals surface area contributed by atoms with Crippen LogP contribution in [0.15, 0.2) is 24.3 Å². The van der Waals surface area contributed by atoms with E-state index in [1.807, 2.05) is 0 Å². The van der Waals surface area contributed by atoms with Crippen molar-refractivity contribution in [2.24, 2.45) is 5.73 Å². The Bertz CT molecular complexity index is 461. The van der Waals surface area contributed by atoms with E-state index in [-0.39, 0.29) is 11.3 Å². The summed E-state index contributed by atoms with van der Waals surface area (Å²) < 4.78 is 4.99. The number of rotatable bonds is 7. The fraction of sp³-hybridized carbons (Fsp3) is 0.333. The van der Waals surface area contributed by atoms with Gasteiger partial charge in [0.1, 0.15) is 11.9 Å². The second-order valence-electron chi connectivity index (χ2n) is 3.90. The number of aliphatic carboxylic acids is 1. The number of nitrogens with two attached hydrogens (primary N) is 1. The number of hydrogen-bond donors (Lipinski definition) is 4. The second-order valence-corrected chi connectivity index (χ2v) is 3.90. The third-order valence-corrected chi connectivity index (χ3v) is 2.36. The molecular weight excluding hydrogens is 254 g/mol. The SMILES string of the molecule is NC(=O)CC(O)C(O)c1ccccc1OCC(=O)O. The van der Waals surface area contributed by atoms with E-state index < -0.39 is 37.1 Å². The van der Waals surface area contributed by atoms with Gasteiger partial charge in [-0.05, 0) is 6.07 Å². The van der Waals surface area contributed by atoms with Crippen LogP contribution in [0.3, 0.4) is 0 Å². The average Bonchev–Trinajstić information content (AvgIpc) is 2.35. The van der Waals surface area contributed by atoms with Gasteiger partial charge in [0.05, 0.1) is 12.5 Å². The number of para-hydroxylation sites is 1. The number of benzene rings is 1. The van der Waals surface area contributed by atoms with Crippen molar-refractivity contribution < 1.29 is 29.6 Å². The Morgan fingerprint density at radius 2 is 1.89 bits per heavy atom. The highest BCUT2D eigenvalue weighted by molar-refractivity contribution is 5.74. The summed E-state index contributed by atoms with van der Waals surface area (Å²) in [6.07, 6.45) is -3.18. The first kappa shape index (κ1) is 14.9. The molecule has 0 aliphatic heterocycles.